The highest BCUT2D eigenvalue weighted by Crippen LogP contribution is 2.09. The second-order valence-electron chi connectivity index (χ2n) is 4.18. The van der Waals surface area contributed by atoms with Crippen LogP contribution in [0.25, 0.3) is 0 Å². The SMILES string of the molecule is CCN[C@@](N)(CS)C(=O)N[C@@](C)(CS)C(=O)NC. The van der Waals surface area contributed by atoms with Crippen LogP contribution in [0.4, 0.5) is 0 Å². The van der Waals surface area contributed by atoms with Crippen LogP contribution >= 0.6 is 25.3 Å². The molecule has 18 heavy (non-hydrogen) atoms. The van der Waals surface area contributed by atoms with Crippen molar-refractivity contribution in [3.8, 4) is 0 Å². The van der Waals surface area contributed by atoms with Gasteiger partial charge in [0.1, 0.15) is 5.54 Å². The third kappa shape index (κ3) is 4.04. The quantitative estimate of drug-likeness (QED) is 0.261. The van der Waals surface area contributed by atoms with Crippen LogP contribution in [0.3, 0.4) is 0 Å². The lowest BCUT2D eigenvalue weighted by molar-refractivity contribution is -0.134. The molecule has 2 amide bonds. The molecule has 0 aromatic carbocycles. The fourth-order valence-corrected chi connectivity index (χ4v) is 1.81. The van der Waals surface area contributed by atoms with Crippen LogP contribution in [0.5, 0.6) is 0 Å². The molecule has 0 unspecified atom stereocenters. The highest BCUT2D eigenvalue weighted by atomic mass is 32.1. The molecule has 0 aliphatic heterocycles. The van der Waals surface area contributed by atoms with Gasteiger partial charge < -0.3 is 16.4 Å². The zero-order valence-corrected chi connectivity index (χ0v) is 12.7. The highest BCUT2D eigenvalue weighted by molar-refractivity contribution is 7.80. The normalized spacial score (nSPS) is 17.4. The number of nitrogens with one attached hydrogen (secondary N) is 3. The fraction of sp³-hybridized carbons (Fsp3) is 0.800. The number of likely N-dealkylation sites (N-methyl/N-ethyl adjacent to an activating group) is 2. The van der Waals surface area contributed by atoms with Crippen LogP contribution in [-0.4, -0.2) is 48.1 Å². The maximum Gasteiger partial charge on any atom is 0.256 e. The first-order valence-electron chi connectivity index (χ1n) is 5.60. The van der Waals surface area contributed by atoms with Crippen LogP contribution in [0.2, 0.25) is 0 Å². The van der Waals surface area contributed by atoms with Gasteiger partial charge in [-0.1, -0.05) is 6.92 Å². The molecule has 0 radical (unpaired) electrons. The van der Waals surface area contributed by atoms with Gasteiger partial charge in [0.05, 0.1) is 0 Å². The van der Waals surface area contributed by atoms with Gasteiger partial charge in [0, 0.05) is 18.6 Å². The molecule has 0 aromatic heterocycles. The summed E-state index contributed by atoms with van der Waals surface area (Å²) in [6.07, 6.45) is 0. The van der Waals surface area contributed by atoms with E-state index in [1.165, 1.54) is 7.05 Å². The largest absolute Gasteiger partial charge is 0.357 e. The Hall–Kier alpha value is -0.440. The Balaban J connectivity index is 4.95. The van der Waals surface area contributed by atoms with Crippen molar-refractivity contribution in [1.29, 1.82) is 0 Å². The first-order chi connectivity index (χ1) is 8.29. The minimum absolute atomic E-state index is 0.114. The van der Waals surface area contributed by atoms with Crippen LogP contribution in [0.15, 0.2) is 0 Å². The molecule has 0 rings (SSSR count). The lowest BCUT2D eigenvalue weighted by atomic mass is 10.0. The number of nitrogens with two attached hydrogens (primary N) is 1. The number of carbonyl (C=O) groups excluding carboxylic acids is 2. The Bertz CT molecular complexity index is 316. The second-order valence-corrected chi connectivity index (χ2v) is 4.82. The van der Waals surface area contributed by atoms with E-state index in [1.807, 2.05) is 6.92 Å². The molecule has 0 saturated heterocycles. The Morgan fingerprint density at radius 1 is 1.22 bits per heavy atom. The van der Waals surface area contributed by atoms with E-state index >= 15 is 0 Å². The van der Waals surface area contributed by atoms with Crippen molar-refractivity contribution in [2.75, 3.05) is 25.1 Å². The summed E-state index contributed by atoms with van der Waals surface area (Å²) in [6, 6.07) is 0. The van der Waals surface area contributed by atoms with Crippen molar-refractivity contribution in [3.63, 3.8) is 0 Å². The summed E-state index contributed by atoms with van der Waals surface area (Å²) in [4.78, 5) is 23.8. The second kappa shape index (κ2) is 7.22. The topological polar surface area (TPSA) is 96.2 Å². The summed E-state index contributed by atoms with van der Waals surface area (Å²) >= 11 is 8.15. The number of carbonyl (C=O) groups is 2. The molecule has 0 bridgehead atoms. The van der Waals surface area contributed by atoms with Gasteiger partial charge in [-0.25, -0.2) is 0 Å². The van der Waals surface area contributed by atoms with E-state index < -0.39 is 17.1 Å². The predicted octanol–water partition coefficient (Wildman–Crippen LogP) is -1.27. The number of thiol groups is 2. The number of amides is 2. The monoisotopic (exact) mass is 294 g/mol. The zero-order valence-electron chi connectivity index (χ0n) is 10.9. The minimum Gasteiger partial charge on any atom is -0.357 e. The Labute approximate surface area is 119 Å². The van der Waals surface area contributed by atoms with Crippen LogP contribution in [0.1, 0.15) is 13.8 Å². The molecule has 0 aliphatic rings. The highest BCUT2D eigenvalue weighted by Gasteiger charge is 2.39. The lowest BCUT2D eigenvalue weighted by Crippen LogP contribution is -2.70. The van der Waals surface area contributed by atoms with Crippen molar-refractivity contribution >= 4 is 37.1 Å². The smallest absolute Gasteiger partial charge is 0.256 e. The minimum atomic E-state index is -1.31. The Morgan fingerprint density at radius 2 is 1.78 bits per heavy atom. The third-order valence-electron chi connectivity index (χ3n) is 2.58. The molecule has 106 valence electrons. The van der Waals surface area contributed by atoms with Gasteiger partial charge in [-0.05, 0) is 13.5 Å². The van der Waals surface area contributed by atoms with E-state index in [0.29, 0.717) is 6.54 Å². The summed E-state index contributed by atoms with van der Waals surface area (Å²) in [7, 11) is 1.49. The average molecular weight is 294 g/mol. The molecule has 0 spiro atoms. The van der Waals surface area contributed by atoms with Crippen molar-refractivity contribution in [2.24, 2.45) is 5.73 Å². The van der Waals surface area contributed by atoms with E-state index in [-0.39, 0.29) is 17.4 Å². The van der Waals surface area contributed by atoms with Crippen molar-refractivity contribution in [2.45, 2.75) is 25.0 Å². The van der Waals surface area contributed by atoms with Crippen LogP contribution < -0.4 is 21.7 Å². The lowest BCUT2D eigenvalue weighted by Gasteiger charge is -2.33. The number of rotatable bonds is 7. The van der Waals surface area contributed by atoms with E-state index in [9.17, 15) is 9.59 Å². The number of hydrogen-bond acceptors (Lipinski definition) is 6. The summed E-state index contributed by atoms with van der Waals surface area (Å²) in [6.45, 7) is 3.93. The van der Waals surface area contributed by atoms with E-state index in [1.54, 1.807) is 6.92 Å². The average Bonchev–Trinajstić information content (AvgIpc) is 2.37. The van der Waals surface area contributed by atoms with Crippen molar-refractivity contribution in [1.82, 2.24) is 16.0 Å². The van der Waals surface area contributed by atoms with E-state index in [2.05, 4.69) is 41.2 Å². The van der Waals surface area contributed by atoms with Gasteiger partial charge in [-0.3, -0.25) is 14.9 Å². The first-order valence-corrected chi connectivity index (χ1v) is 6.86. The summed E-state index contributed by atoms with van der Waals surface area (Å²) in [5.74, 6) is -0.542. The van der Waals surface area contributed by atoms with Gasteiger partial charge in [0.2, 0.25) is 5.91 Å². The van der Waals surface area contributed by atoms with Gasteiger partial charge in [-0.2, -0.15) is 25.3 Å². The first kappa shape index (κ1) is 17.6. The third-order valence-corrected chi connectivity index (χ3v) is 3.71. The number of hydrogen-bond donors (Lipinski definition) is 6. The fourth-order valence-electron chi connectivity index (χ4n) is 1.33. The summed E-state index contributed by atoms with van der Waals surface area (Å²) in [5.41, 5.74) is 3.48. The molecule has 5 N–H and O–H groups in total. The molecule has 0 fully saturated rings. The molecule has 8 heteroatoms. The van der Waals surface area contributed by atoms with Crippen molar-refractivity contribution in [3.05, 3.63) is 0 Å². The van der Waals surface area contributed by atoms with Crippen molar-refractivity contribution < 1.29 is 9.59 Å². The van der Waals surface area contributed by atoms with Gasteiger partial charge >= 0.3 is 0 Å². The zero-order chi connectivity index (χ0) is 14.4. The van der Waals surface area contributed by atoms with E-state index in [4.69, 9.17) is 5.73 Å². The summed E-state index contributed by atoms with van der Waals surface area (Å²) in [5, 5.41) is 7.93. The van der Waals surface area contributed by atoms with E-state index in [0.717, 1.165) is 0 Å². The van der Waals surface area contributed by atoms with Gasteiger partial charge in [-0.15, -0.1) is 0 Å². The molecule has 0 heterocycles. The Morgan fingerprint density at radius 3 is 2.11 bits per heavy atom. The maximum absolute atomic E-state index is 12.1. The molecular formula is C10H22N4O2S2. The van der Waals surface area contributed by atoms with Crippen LogP contribution in [-0.2, 0) is 9.59 Å². The molecule has 2 atom stereocenters. The molecular weight excluding hydrogens is 272 g/mol. The van der Waals surface area contributed by atoms with Gasteiger partial charge in [0.15, 0.2) is 5.66 Å². The molecule has 0 aliphatic carbocycles. The Kier molecular flexibility index (Phi) is 7.05. The molecule has 0 saturated carbocycles. The molecule has 6 nitrogen and oxygen atoms in total. The maximum atomic E-state index is 12.1. The molecule has 0 aromatic rings. The van der Waals surface area contributed by atoms with Crippen LogP contribution in [0, 0.1) is 0 Å². The summed E-state index contributed by atoms with van der Waals surface area (Å²) < 4.78 is 0. The standard InChI is InChI=1S/C10H22N4O2S2/c1-4-13-10(11,6-18)8(16)14-9(2,5-17)7(15)12-3/h13,17-18H,4-6,11H2,1-3H3,(H,12,15)(H,14,16)/t9-,10-/m0/s1. The van der Waals surface area contributed by atoms with Gasteiger partial charge in [0.25, 0.3) is 5.91 Å². The predicted molar refractivity (Wildman–Crippen MR) is 78.9 cm³/mol.